The van der Waals surface area contributed by atoms with Crippen LogP contribution >= 0.6 is 0 Å². The molecule has 4 heterocycles. The van der Waals surface area contributed by atoms with Crippen molar-refractivity contribution < 1.29 is 36.6 Å². The molecule has 3 aliphatic rings. The number of ether oxygens (including phenoxy) is 2. The molecule has 0 bridgehead atoms. The number of imidazole rings is 2. The molecule has 0 saturated carbocycles. The summed E-state index contributed by atoms with van der Waals surface area (Å²) in [5, 5.41) is 0. The lowest BCUT2D eigenvalue weighted by molar-refractivity contribution is -0.225. The lowest BCUT2D eigenvalue weighted by Gasteiger charge is -2.35. The average molecular weight is 723 g/mol. The fourth-order valence-corrected chi connectivity index (χ4v) is 7.24. The van der Waals surface area contributed by atoms with Gasteiger partial charge in [0, 0.05) is 35.3 Å². The number of carbonyl (C=O) groups is 2. The number of H-pyrrole nitrogens is 2. The van der Waals surface area contributed by atoms with Gasteiger partial charge in [0.1, 0.15) is 22.9 Å². The minimum Gasteiger partial charge on any atom is -0.444 e. The number of nitrogens with zero attached hydrogens (tertiary/aromatic N) is 4. The van der Waals surface area contributed by atoms with E-state index in [0.717, 1.165) is 25.0 Å². The molecule has 0 radical (unpaired) electrons. The summed E-state index contributed by atoms with van der Waals surface area (Å²) in [7, 11) is 0. The lowest BCUT2D eigenvalue weighted by atomic mass is 9.79. The molecular formula is C38H42F4N6O4. The number of benzene rings is 2. The third-order valence-corrected chi connectivity index (χ3v) is 9.61. The number of rotatable bonds is 4. The highest BCUT2D eigenvalue weighted by molar-refractivity contribution is 5.81. The van der Waals surface area contributed by atoms with Gasteiger partial charge in [-0.3, -0.25) is 9.80 Å². The third kappa shape index (κ3) is 6.29. The topological polar surface area (TPSA) is 116 Å². The Labute approximate surface area is 298 Å². The van der Waals surface area contributed by atoms with E-state index < -0.39 is 58.4 Å². The molecule has 14 heteroatoms. The van der Waals surface area contributed by atoms with Crippen LogP contribution in [-0.4, -0.2) is 66.2 Å². The van der Waals surface area contributed by atoms with Gasteiger partial charge in [-0.05, 0) is 90.5 Å². The van der Waals surface area contributed by atoms with Crippen molar-refractivity contribution in [2.45, 2.75) is 102 Å². The highest BCUT2D eigenvalue weighted by atomic mass is 19.3. The van der Waals surface area contributed by atoms with Crippen LogP contribution in [0.1, 0.15) is 102 Å². The van der Waals surface area contributed by atoms with Crippen molar-refractivity contribution in [3.8, 4) is 33.6 Å². The number of fused-ring (bicyclic) bond motifs is 3. The van der Waals surface area contributed by atoms with Crippen molar-refractivity contribution in [1.29, 1.82) is 0 Å². The average Bonchev–Trinajstić information content (AvgIpc) is 3.88. The number of aromatic nitrogens is 4. The monoisotopic (exact) mass is 722 g/mol. The number of hydrogen-bond acceptors (Lipinski definition) is 6. The van der Waals surface area contributed by atoms with E-state index in [1.807, 2.05) is 0 Å². The van der Waals surface area contributed by atoms with Crippen LogP contribution in [0.15, 0.2) is 48.8 Å². The maximum absolute atomic E-state index is 16.0. The first-order valence-electron chi connectivity index (χ1n) is 17.5. The summed E-state index contributed by atoms with van der Waals surface area (Å²) in [6.07, 6.45) is 4.69. The molecule has 2 N–H and O–H groups in total. The molecule has 1 aliphatic carbocycles. The molecule has 4 aromatic rings. The largest absolute Gasteiger partial charge is 0.444 e. The molecule has 52 heavy (non-hydrogen) atoms. The number of aromatic amines is 2. The molecule has 10 nitrogen and oxygen atoms in total. The Morgan fingerprint density at radius 2 is 1.08 bits per heavy atom. The van der Waals surface area contributed by atoms with Gasteiger partial charge in [-0.2, -0.15) is 17.6 Å². The maximum Gasteiger partial charge on any atom is 0.410 e. The molecule has 2 atom stereocenters. The normalized spacial score (nSPS) is 20.8. The first-order chi connectivity index (χ1) is 24.3. The minimum absolute atomic E-state index is 0.00267. The van der Waals surface area contributed by atoms with Crippen LogP contribution in [0.4, 0.5) is 27.2 Å². The van der Waals surface area contributed by atoms with Crippen molar-refractivity contribution in [3.63, 3.8) is 0 Å². The summed E-state index contributed by atoms with van der Waals surface area (Å²) in [5.74, 6) is -8.16. The minimum atomic E-state index is -4.54. The van der Waals surface area contributed by atoms with Crippen LogP contribution in [0.3, 0.4) is 0 Å². The Hall–Kier alpha value is -4.88. The predicted molar refractivity (Wildman–Crippen MR) is 185 cm³/mol. The summed E-state index contributed by atoms with van der Waals surface area (Å²) in [6.45, 7) is 11.6. The number of alkyl halides is 4. The molecule has 2 fully saturated rings. The maximum atomic E-state index is 16.0. The van der Waals surface area contributed by atoms with E-state index in [0.29, 0.717) is 49.0 Å². The van der Waals surface area contributed by atoms with Crippen molar-refractivity contribution in [2.24, 2.45) is 0 Å². The number of likely N-dealkylation sites (tertiary alicyclic amines) is 2. The van der Waals surface area contributed by atoms with E-state index in [1.165, 1.54) is 24.5 Å². The van der Waals surface area contributed by atoms with Gasteiger partial charge < -0.3 is 19.4 Å². The Bertz CT molecular complexity index is 1880. The Balaban J connectivity index is 1.17. The number of nitrogens with one attached hydrogen (secondary N) is 2. The highest BCUT2D eigenvalue weighted by Gasteiger charge is 2.63. The lowest BCUT2D eigenvalue weighted by Crippen LogP contribution is -2.39. The first-order valence-corrected chi connectivity index (χ1v) is 17.5. The number of halogens is 4. The molecular weight excluding hydrogens is 680 g/mol. The molecule has 7 rings (SSSR count). The second kappa shape index (κ2) is 12.4. The molecule has 0 spiro atoms. The van der Waals surface area contributed by atoms with Crippen LogP contribution in [0.25, 0.3) is 33.6 Å². The van der Waals surface area contributed by atoms with Gasteiger partial charge in [-0.15, -0.1) is 0 Å². The zero-order chi connectivity index (χ0) is 37.4. The highest BCUT2D eigenvalue weighted by Crippen LogP contribution is 2.58. The SMILES string of the molecule is CC(C)(C)OC(=O)N1CCC[C@H]1c1ncc(-c2ccc3c(c2)C(F)(F)C(F)(F)c2cc(-c4cnc([C@@H]5CCCN5C(=O)OC(C)(C)C)[nH]4)ccc2-3)[nH]1. The van der Waals surface area contributed by atoms with Gasteiger partial charge in [0.25, 0.3) is 0 Å². The van der Waals surface area contributed by atoms with E-state index in [9.17, 15) is 9.59 Å². The zero-order valence-electron chi connectivity index (χ0n) is 29.9. The van der Waals surface area contributed by atoms with E-state index in [4.69, 9.17) is 9.47 Å². The standard InChI is InChI=1S/C38H42F4N6O4/c1-35(2,3)51-33(49)47-15-7-9-29(47)31-43-19-27(45-31)21-11-13-23-24-14-12-22(18-26(24)38(41,42)37(39,40)25(23)17-21)28-20-44-32(46-28)30-10-8-16-48(30)34(50)52-36(4,5)6/h11-14,17-20,29-30H,7-10,15-16H2,1-6H3,(H,43,45)(H,44,46)/t29-,30-/m0/s1. The Kier molecular flexibility index (Phi) is 8.45. The van der Waals surface area contributed by atoms with Crippen LogP contribution < -0.4 is 0 Å². The van der Waals surface area contributed by atoms with E-state index >= 15 is 17.6 Å². The van der Waals surface area contributed by atoms with Crippen molar-refractivity contribution >= 4 is 12.2 Å². The quantitative estimate of drug-likeness (QED) is 0.203. The predicted octanol–water partition coefficient (Wildman–Crippen LogP) is 9.48. The Morgan fingerprint density at radius 3 is 1.44 bits per heavy atom. The second-order valence-electron chi connectivity index (χ2n) is 15.7. The molecule has 2 aromatic carbocycles. The summed E-state index contributed by atoms with van der Waals surface area (Å²) < 4.78 is 74.9. The van der Waals surface area contributed by atoms with Crippen molar-refractivity contribution in [3.05, 3.63) is 71.6 Å². The third-order valence-electron chi connectivity index (χ3n) is 9.61. The zero-order valence-corrected chi connectivity index (χ0v) is 29.9. The van der Waals surface area contributed by atoms with Crippen LogP contribution in [0, 0.1) is 0 Å². The van der Waals surface area contributed by atoms with Gasteiger partial charge in [0.15, 0.2) is 0 Å². The van der Waals surface area contributed by atoms with Crippen molar-refractivity contribution in [2.75, 3.05) is 13.1 Å². The summed E-state index contributed by atoms with van der Waals surface area (Å²) in [6, 6.07) is 7.39. The smallest absolute Gasteiger partial charge is 0.410 e. The molecule has 276 valence electrons. The van der Waals surface area contributed by atoms with E-state index in [-0.39, 0.29) is 22.3 Å². The van der Waals surface area contributed by atoms with Crippen LogP contribution in [0.2, 0.25) is 0 Å². The van der Waals surface area contributed by atoms with Gasteiger partial charge in [0.2, 0.25) is 0 Å². The first kappa shape index (κ1) is 35.5. The van der Waals surface area contributed by atoms with Gasteiger partial charge in [0.05, 0.1) is 35.9 Å². The number of carbonyl (C=O) groups excluding carboxylic acids is 2. The molecule has 0 unspecified atom stereocenters. The van der Waals surface area contributed by atoms with Crippen LogP contribution in [-0.2, 0) is 21.3 Å². The molecule has 2 amide bonds. The van der Waals surface area contributed by atoms with Gasteiger partial charge >= 0.3 is 24.0 Å². The van der Waals surface area contributed by atoms with Crippen molar-refractivity contribution in [1.82, 2.24) is 29.7 Å². The fraction of sp³-hybridized carbons (Fsp3) is 0.474. The summed E-state index contributed by atoms with van der Waals surface area (Å²) in [5.41, 5.74) is -1.73. The number of hydrogen-bond donors (Lipinski definition) is 2. The molecule has 2 saturated heterocycles. The molecule has 2 aromatic heterocycles. The summed E-state index contributed by atoms with van der Waals surface area (Å²) >= 11 is 0. The second-order valence-corrected chi connectivity index (χ2v) is 15.7. The number of amides is 2. The van der Waals surface area contributed by atoms with Gasteiger partial charge in [-0.1, -0.05) is 24.3 Å². The van der Waals surface area contributed by atoms with E-state index in [1.54, 1.807) is 63.5 Å². The summed E-state index contributed by atoms with van der Waals surface area (Å²) in [4.78, 5) is 43.9. The van der Waals surface area contributed by atoms with Gasteiger partial charge in [-0.25, -0.2) is 19.6 Å². The molecule has 2 aliphatic heterocycles. The fourth-order valence-electron chi connectivity index (χ4n) is 7.24. The van der Waals surface area contributed by atoms with E-state index in [2.05, 4.69) is 19.9 Å². The Morgan fingerprint density at radius 1 is 0.692 bits per heavy atom. The van der Waals surface area contributed by atoms with Crippen LogP contribution in [0.5, 0.6) is 0 Å².